The van der Waals surface area contributed by atoms with Gasteiger partial charge in [0.25, 0.3) is 0 Å². The Morgan fingerprint density at radius 3 is 2.58 bits per heavy atom. The average Bonchev–Trinajstić information content (AvgIpc) is 2.37. The summed E-state index contributed by atoms with van der Waals surface area (Å²) in [6.07, 6.45) is 1.36. The van der Waals surface area contributed by atoms with Crippen LogP contribution >= 0.6 is 0 Å². The highest BCUT2D eigenvalue weighted by atomic mass is 19.2. The lowest BCUT2D eigenvalue weighted by molar-refractivity contribution is -0.141. The fourth-order valence-corrected chi connectivity index (χ4v) is 1.39. The number of halogens is 2. The third kappa shape index (κ3) is 4.65. The largest absolute Gasteiger partial charge is 0.493 e. The summed E-state index contributed by atoms with van der Waals surface area (Å²) in [6.45, 7) is 1.80. The molecule has 0 aliphatic carbocycles. The second-order valence-electron chi connectivity index (χ2n) is 3.79. The summed E-state index contributed by atoms with van der Waals surface area (Å²) in [6, 6.07) is 2.10. The number of esters is 1. The zero-order valence-corrected chi connectivity index (χ0v) is 10.4. The SMILES string of the molecule is CC(=O)OCCCCOc1ccc(F)c(F)c1C=O. The van der Waals surface area contributed by atoms with Gasteiger partial charge in [0, 0.05) is 6.92 Å². The summed E-state index contributed by atoms with van der Waals surface area (Å²) >= 11 is 0. The van der Waals surface area contributed by atoms with Crippen LogP contribution in [0.2, 0.25) is 0 Å². The Hall–Kier alpha value is -1.98. The number of carbonyl (C=O) groups excluding carboxylic acids is 2. The van der Waals surface area contributed by atoms with Crippen molar-refractivity contribution in [1.29, 1.82) is 0 Å². The van der Waals surface area contributed by atoms with Gasteiger partial charge in [-0.2, -0.15) is 0 Å². The quantitative estimate of drug-likeness (QED) is 0.435. The molecule has 0 fully saturated rings. The van der Waals surface area contributed by atoms with Crippen molar-refractivity contribution >= 4 is 12.3 Å². The molecule has 0 spiro atoms. The van der Waals surface area contributed by atoms with Crippen LogP contribution in [0.4, 0.5) is 8.78 Å². The molecule has 0 bridgehead atoms. The number of aldehydes is 1. The van der Waals surface area contributed by atoms with Crippen molar-refractivity contribution in [2.24, 2.45) is 0 Å². The molecule has 0 radical (unpaired) electrons. The third-order valence-electron chi connectivity index (χ3n) is 2.31. The highest BCUT2D eigenvalue weighted by Crippen LogP contribution is 2.22. The Morgan fingerprint density at radius 1 is 1.26 bits per heavy atom. The van der Waals surface area contributed by atoms with Crippen molar-refractivity contribution < 1.29 is 27.8 Å². The molecule has 4 nitrogen and oxygen atoms in total. The molecule has 0 heterocycles. The van der Waals surface area contributed by atoms with E-state index in [0.717, 1.165) is 6.07 Å². The number of ether oxygens (including phenoxy) is 2. The molecule has 1 rings (SSSR count). The minimum atomic E-state index is -1.22. The minimum absolute atomic E-state index is 0.00128. The van der Waals surface area contributed by atoms with Crippen molar-refractivity contribution in [2.45, 2.75) is 19.8 Å². The van der Waals surface area contributed by atoms with E-state index in [1.54, 1.807) is 0 Å². The second kappa shape index (κ2) is 7.45. The molecular formula is C13H14F2O4. The molecule has 19 heavy (non-hydrogen) atoms. The predicted octanol–water partition coefficient (Wildman–Crippen LogP) is 2.50. The van der Waals surface area contributed by atoms with Crippen LogP contribution in [0.1, 0.15) is 30.1 Å². The normalized spacial score (nSPS) is 10.1. The van der Waals surface area contributed by atoms with E-state index < -0.39 is 17.2 Å². The molecule has 0 aromatic heterocycles. The van der Waals surface area contributed by atoms with Gasteiger partial charge in [-0.15, -0.1) is 0 Å². The van der Waals surface area contributed by atoms with Gasteiger partial charge in [0.1, 0.15) is 5.75 Å². The Balaban J connectivity index is 2.43. The predicted molar refractivity (Wildman–Crippen MR) is 63.1 cm³/mol. The zero-order valence-electron chi connectivity index (χ0n) is 10.4. The molecule has 104 valence electrons. The Morgan fingerprint density at radius 2 is 1.95 bits per heavy atom. The van der Waals surface area contributed by atoms with E-state index in [2.05, 4.69) is 0 Å². The van der Waals surface area contributed by atoms with Crippen molar-refractivity contribution in [3.05, 3.63) is 29.3 Å². The first-order chi connectivity index (χ1) is 9.06. The lowest BCUT2D eigenvalue weighted by Crippen LogP contribution is -2.05. The molecule has 0 saturated carbocycles. The Bertz CT molecular complexity index is 460. The second-order valence-corrected chi connectivity index (χ2v) is 3.79. The van der Waals surface area contributed by atoms with E-state index in [4.69, 9.17) is 9.47 Å². The number of unbranched alkanes of at least 4 members (excludes halogenated alkanes) is 1. The highest BCUT2D eigenvalue weighted by molar-refractivity contribution is 5.79. The lowest BCUT2D eigenvalue weighted by atomic mass is 10.2. The van der Waals surface area contributed by atoms with Crippen LogP contribution in [0.15, 0.2) is 12.1 Å². The van der Waals surface area contributed by atoms with E-state index in [1.165, 1.54) is 13.0 Å². The molecule has 1 aromatic rings. The Labute approximate surface area is 109 Å². The highest BCUT2D eigenvalue weighted by Gasteiger charge is 2.13. The molecular weight excluding hydrogens is 258 g/mol. The van der Waals surface area contributed by atoms with Gasteiger partial charge in [-0.05, 0) is 25.0 Å². The smallest absolute Gasteiger partial charge is 0.302 e. The molecule has 0 saturated heterocycles. The number of hydrogen-bond donors (Lipinski definition) is 0. The fraction of sp³-hybridized carbons (Fsp3) is 0.385. The van der Waals surface area contributed by atoms with Gasteiger partial charge in [-0.3, -0.25) is 9.59 Å². The van der Waals surface area contributed by atoms with Crippen LogP contribution in [-0.4, -0.2) is 25.5 Å². The van der Waals surface area contributed by atoms with Crippen LogP contribution in [-0.2, 0) is 9.53 Å². The number of carbonyl (C=O) groups is 2. The molecule has 0 atom stereocenters. The van der Waals surface area contributed by atoms with Crippen LogP contribution in [0.5, 0.6) is 5.75 Å². The van der Waals surface area contributed by atoms with Gasteiger partial charge in [-0.25, -0.2) is 8.78 Å². The number of hydrogen-bond acceptors (Lipinski definition) is 4. The van der Waals surface area contributed by atoms with Crippen molar-refractivity contribution in [3.63, 3.8) is 0 Å². The van der Waals surface area contributed by atoms with Crippen LogP contribution in [0, 0.1) is 11.6 Å². The van der Waals surface area contributed by atoms with Crippen molar-refractivity contribution in [2.75, 3.05) is 13.2 Å². The maximum atomic E-state index is 13.2. The zero-order chi connectivity index (χ0) is 14.3. The van der Waals surface area contributed by atoms with E-state index in [1.807, 2.05) is 0 Å². The minimum Gasteiger partial charge on any atom is -0.493 e. The average molecular weight is 272 g/mol. The third-order valence-corrected chi connectivity index (χ3v) is 2.31. The fourth-order valence-electron chi connectivity index (χ4n) is 1.39. The molecule has 1 aromatic carbocycles. The number of rotatable bonds is 7. The first-order valence-corrected chi connectivity index (χ1v) is 5.75. The molecule has 0 amide bonds. The van der Waals surface area contributed by atoms with E-state index in [9.17, 15) is 18.4 Å². The standard InChI is InChI=1S/C13H14F2O4/c1-9(17)18-6-2-3-7-19-12-5-4-11(14)13(15)10(12)8-16/h4-5,8H,2-3,6-7H2,1H3. The molecule has 0 aliphatic heterocycles. The molecule has 0 aliphatic rings. The van der Waals surface area contributed by atoms with Gasteiger partial charge < -0.3 is 9.47 Å². The van der Waals surface area contributed by atoms with Gasteiger partial charge in [0.2, 0.25) is 0 Å². The van der Waals surface area contributed by atoms with E-state index >= 15 is 0 Å². The summed E-state index contributed by atoms with van der Waals surface area (Å²) in [4.78, 5) is 21.1. The lowest BCUT2D eigenvalue weighted by Gasteiger charge is -2.09. The molecule has 0 N–H and O–H groups in total. The Kier molecular flexibility index (Phi) is 5.92. The summed E-state index contributed by atoms with van der Waals surface area (Å²) in [7, 11) is 0. The number of benzene rings is 1. The summed E-state index contributed by atoms with van der Waals surface area (Å²) in [5.74, 6) is -2.66. The monoisotopic (exact) mass is 272 g/mol. The first kappa shape index (κ1) is 15.1. The van der Waals surface area contributed by atoms with Gasteiger partial charge >= 0.3 is 5.97 Å². The summed E-state index contributed by atoms with van der Waals surface area (Å²) in [5, 5.41) is 0. The summed E-state index contributed by atoms with van der Waals surface area (Å²) in [5.41, 5.74) is -0.431. The van der Waals surface area contributed by atoms with Crippen molar-refractivity contribution in [1.82, 2.24) is 0 Å². The first-order valence-electron chi connectivity index (χ1n) is 5.75. The van der Waals surface area contributed by atoms with Crippen LogP contribution in [0.25, 0.3) is 0 Å². The van der Waals surface area contributed by atoms with Crippen LogP contribution in [0.3, 0.4) is 0 Å². The maximum absolute atomic E-state index is 13.2. The molecule has 6 heteroatoms. The van der Waals surface area contributed by atoms with E-state index in [-0.39, 0.29) is 31.2 Å². The van der Waals surface area contributed by atoms with E-state index in [0.29, 0.717) is 12.8 Å². The van der Waals surface area contributed by atoms with Gasteiger partial charge in [-0.1, -0.05) is 0 Å². The maximum Gasteiger partial charge on any atom is 0.302 e. The van der Waals surface area contributed by atoms with Crippen LogP contribution < -0.4 is 4.74 Å². The topological polar surface area (TPSA) is 52.6 Å². The van der Waals surface area contributed by atoms with Gasteiger partial charge in [0.05, 0.1) is 18.8 Å². The van der Waals surface area contributed by atoms with Gasteiger partial charge in [0.15, 0.2) is 17.9 Å². The van der Waals surface area contributed by atoms with Crippen molar-refractivity contribution in [3.8, 4) is 5.75 Å². The molecule has 0 unspecified atom stereocenters. The summed E-state index contributed by atoms with van der Waals surface area (Å²) < 4.78 is 36.0.